The van der Waals surface area contributed by atoms with Gasteiger partial charge < -0.3 is 10.6 Å². The first-order valence-corrected chi connectivity index (χ1v) is 6.74. The molecule has 15 heavy (non-hydrogen) atoms. The van der Waals surface area contributed by atoms with Crippen molar-refractivity contribution in [3.05, 3.63) is 0 Å². The Hall–Kier alpha value is -0.0800. The topological polar surface area (TPSA) is 24.1 Å². The highest BCUT2D eigenvalue weighted by Crippen LogP contribution is 2.31. The summed E-state index contributed by atoms with van der Waals surface area (Å²) in [6.07, 6.45) is 9.52. The maximum absolute atomic E-state index is 3.86. The van der Waals surface area contributed by atoms with Crippen LogP contribution < -0.4 is 10.6 Å². The van der Waals surface area contributed by atoms with Gasteiger partial charge in [0.05, 0.1) is 0 Å². The van der Waals surface area contributed by atoms with Crippen molar-refractivity contribution >= 4 is 0 Å². The van der Waals surface area contributed by atoms with Crippen molar-refractivity contribution < 1.29 is 0 Å². The molecule has 2 fully saturated rings. The van der Waals surface area contributed by atoms with Gasteiger partial charge in [0.25, 0.3) is 0 Å². The first-order chi connectivity index (χ1) is 7.24. The molecule has 1 saturated carbocycles. The standard InChI is InChI=1S/C13H26N2/c1-3-12(4-2)10-15-13(11-14-12)8-6-5-7-9-13/h14-15H,3-11H2,1-2H3. The van der Waals surface area contributed by atoms with Crippen LogP contribution in [-0.4, -0.2) is 24.2 Å². The number of nitrogens with one attached hydrogen (secondary N) is 2. The molecule has 2 nitrogen and oxygen atoms in total. The van der Waals surface area contributed by atoms with Crippen LogP contribution in [0.15, 0.2) is 0 Å². The van der Waals surface area contributed by atoms with E-state index in [1.807, 2.05) is 0 Å². The molecule has 1 spiro atoms. The molecule has 0 aromatic heterocycles. The SMILES string of the molecule is CCC1(CC)CNC2(CCCCC2)CN1. The zero-order chi connectivity index (χ0) is 10.8. The first kappa shape index (κ1) is 11.4. The first-order valence-electron chi connectivity index (χ1n) is 6.74. The summed E-state index contributed by atoms with van der Waals surface area (Å²) >= 11 is 0. The van der Waals surface area contributed by atoms with Crippen molar-refractivity contribution in [3.8, 4) is 0 Å². The van der Waals surface area contributed by atoms with Gasteiger partial charge in [-0.15, -0.1) is 0 Å². The second-order valence-electron chi connectivity index (χ2n) is 5.54. The molecular weight excluding hydrogens is 184 g/mol. The fraction of sp³-hybridized carbons (Fsp3) is 1.00. The van der Waals surface area contributed by atoms with E-state index in [0.717, 1.165) is 0 Å². The summed E-state index contributed by atoms with van der Waals surface area (Å²) in [5, 5.41) is 7.69. The highest BCUT2D eigenvalue weighted by Gasteiger charge is 2.40. The van der Waals surface area contributed by atoms with E-state index in [4.69, 9.17) is 0 Å². The van der Waals surface area contributed by atoms with Crippen molar-refractivity contribution in [1.82, 2.24) is 10.6 Å². The van der Waals surface area contributed by atoms with Gasteiger partial charge in [-0.05, 0) is 25.7 Å². The van der Waals surface area contributed by atoms with Gasteiger partial charge in [0.15, 0.2) is 0 Å². The summed E-state index contributed by atoms with van der Waals surface area (Å²) < 4.78 is 0. The van der Waals surface area contributed by atoms with Gasteiger partial charge in [-0.2, -0.15) is 0 Å². The van der Waals surface area contributed by atoms with Crippen LogP contribution in [0.25, 0.3) is 0 Å². The maximum Gasteiger partial charge on any atom is 0.0307 e. The summed E-state index contributed by atoms with van der Waals surface area (Å²) in [6, 6.07) is 0. The van der Waals surface area contributed by atoms with Gasteiger partial charge in [0.1, 0.15) is 0 Å². The third-order valence-electron chi connectivity index (χ3n) is 4.77. The van der Waals surface area contributed by atoms with Crippen LogP contribution in [0.3, 0.4) is 0 Å². The smallest absolute Gasteiger partial charge is 0.0307 e. The van der Waals surface area contributed by atoms with Crippen LogP contribution in [0.5, 0.6) is 0 Å². The van der Waals surface area contributed by atoms with Crippen molar-refractivity contribution in [2.75, 3.05) is 13.1 Å². The highest BCUT2D eigenvalue weighted by molar-refractivity contribution is 5.03. The lowest BCUT2D eigenvalue weighted by atomic mass is 9.77. The zero-order valence-electron chi connectivity index (χ0n) is 10.4. The Labute approximate surface area is 94.2 Å². The van der Waals surface area contributed by atoms with E-state index in [1.165, 1.54) is 58.0 Å². The summed E-state index contributed by atoms with van der Waals surface area (Å²) in [7, 11) is 0. The number of hydrogen-bond acceptors (Lipinski definition) is 2. The Morgan fingerprint density at radius 2 is 1.53 bits per heavy atom. The van der Waals surface area contributed by atoms with Crippen LogP contribution in [-0.2, 0) is 0 Å². The molecule has 2 N–H and O–H groups in total. The largest absolute Gasteiger partial charge is 0.308 e. The number of rotatable bonds is 2. The molecule has 2 aliphatic rings. The molecule has 0 aromatic rings. The zero-order valence-corrected chi connectivity index (χ0v) is 10.4. The molecular formula is C13H26N2. The van der Waals surface area contributed by atoms with E-state index < -0.39 is 0 Å². The normalized spacial score (nSPS) is 29.2. The Morgan fingerprint density at radius 1 is 0.867 bits per heavy atom. The molecule has 1 heterocycles. The van der Waals surface area contributed by atoms with E-state index >= 15 is 0 Å². The molecule has 1 aliphatic carbocycles. The fourth-order valence-electron chi connectivity index (χ4n) is 3.17. The summed E-state index contributed by atoms with van der Waals surface area (Å²) in [5.74, 6) is 0. The second kappa shape index (κ2) is 4.42. The lowest BCUT2D eigenvalue weighted by Gasteiger charge is -2.49. The molecule has 2 rings (SSSR count). The average Bonchev–Trinajstić information content (AvgIpc) is 2.32. The van der Waals surface area contributed by atoms with Gasteiger partial charge in [-0.1, -0.05) is 33.1 Å². The number of hydrogen-bond donors (Lipinski definition) is 2. The lowest BCUT2D eigenvalue weighted by Crippen LogP contribution is -2.68. The second-order valence-corrected chi connectivity index (χ2v) is 5.54. The van der Waals surface area contributed by atoms with Crippen LogP contribution >= 0.6 is 0 Å². The molecule has 0 radical (unpaired) electrons. The highest BCUT2D eigenvalue weighted by atomic mass is 15.2. The van der Waals surface area contributed by atoms with E-state index in [9.17, 15) is 0 Å². The van der Waals surface area contributed by atoms with Gasteiger partial charge >= 0.3 is 0 Å². The minimum absolute atomic E-state index is 0.378. The van der Waals surface area contributed by atoms with Gasteiger partial charge in [-0.3, -0.25) is 0 Å². The molecule has 0 aromatic carbocycles. The third kappa shape index (κ3) is 2.21. The minimum Gasteiger partial charge on any atom is -0.308 e. The average molecular weight is 210 g/mol. The maximum atomic E-state index is 3.86. The van der Waals surface area contributed by atoms with Crippen molar-refractivity contribution in [2.24, 2.45) is 0 Å². The summed E-state index contributed by atoms with van der Waals surface area (Å²) in [4.78, 5) is 0. The van der Waals surface area contributed by atoms with Crippen LogP contribution in [0.4, 0.5) is 0 Å². The molecule has 0 atom stereocenters. The van der Waals surface area contributed by atoms with E-state index in [2.05, 4.69) is 24.5 Å². The monoisotopic (exact) mass is 210 g/mol. The van der Waals surface area contributed by atoms with Crippen molar-refractivity contribution in [3.63, 3.8) is 0 Å². The quantitative estimate of drug-likeness (QED) is 0.731. The van der Waals surface area contributed by atoms with Crippen molar-refractivity contribution in [2.45, 2.75) is 69.9 Å². The molecule has 1 aliphatic heterocycles. The molecule has 0 unspecified atom stereocenters. The molecule has 0 bridgehead atoms. The van der Waals surface area contributed by atoms with Gasteiger partial charge in [-0.25, -0.2) is 0 Å². The lowest BCUT2D eigenvalue weighted by molar-refractivity contribution is 0.122. The fourth-order valence-corrected chi connectivity index (χ4v) is 3.17. The molecule has 1 saturated heterocycles. The Bertz CT molecular complexity index is 191. The van der Waals surface area contributed by atoms with E-state index in [0.29, 0.717) is 11.1 Å². The van der Waals surface area contributed by atoms with Gasteiger partial charge in [0.2, 0.25) is 0 Å². The van der Waals surface area contributed by atoms with Crippen LogP contribution in [0.1, 0.15) is 58.8 Å². The molecule has 0 amide bonds. The Kier molecular flexibility index (Phi) is 3.36. The van der Waals surface area contributed by atoms with Gasteiger partial charge in [0, 0.05) is 24.2 Å². The summed E-state index contributed by atoms with van der Waals surface area (Å²) in [6.45, 7) is 6.96. The third-order valence-corrected chi connectivity index (χ3v) is 4.77. The Balaban J connectivity index is 1.95. The summed E-state index contributed by atoms with van der Waals surface area (Å²) in [5.41, 5.74) is 0.828. The van der Waals surface area contributed by atoms with Crippen LogP contribution in [0, 0.1) is 0 Å². The molecule has 2 heteroatoms. The Morgan fingerprint density at radius 3 is 2.00 bits per heavy atom. The van der Waals surface area contributed by atoms with Crippen molar-refractivity contribution in [1.29, 1.82) is 0 Å². The van der Waals surface area contributed by atoms with Crippen LogP contribution in [0.2, 0.25) is 0 Å². The number of piperazine rings is 1. The predicted octanol–water partition coefficient (Wildman–Crippen LogP) is 2.44. The van der Waals surface area contributed by atoms with E-state index in [1.54, 1.807) is 0 Å². The minimum atomic E-state index is 0.378. The molecule has 88 valence electrons. The van der Waals surface area contributed by atoms with E-state index in [-0.39, 0.29) is 0 Å². The predicted molar refractivity (Wildman–Crippen MR) is 65.1 cm³/mol.